The average molecular weight is 344 g/mol. The molecule has 6 nitrogen and oxygen atoms in total. The van der Waals surface area contributed by atoms with Crippen molar-refractivity contribution in [2.75, 3.05) is 26.0 Å². The van der Waals surface area contributed by atoms with Gasteiger partial charge in [-0.1, -0.05) is 0 Å². The SMILES string of the molecule is Cc1cnccc1CCNC(=O)Nc1cc(C(=O)N(C)C)ccc1F. The molecular weight excluding hydrogens is 323 g/mol. The van der Waals surface area contributed by atoms with Gasteiger partial charge in [0.25, 0.3) is 5.91 Å². The van der Waals surface area contributed by atoms with Gasteiger partial charge in [-0.25, -0.2) is 9.18 Å². The van der Waals surface area contributed by atoms with Crippen LogP contribution < -0.4 is 10.6 Å². The van der Waals surface area contributed by atoms with Crippen molar-refractivity contribution in [1.29, 1.82) is 0 Å². The number of nitrogens with one attached hydrogen (secondary N) is 2. The summed E-state index contributed by atoms with van der Waals surface area (Å²) >= 11 is 0. The minimum Gasteiger partial charge on any atom is -0.345 e. The van der Waals surface area contributed by atoms with E-state index in [4.69, 9.17) is 0 Å². The van der Waals surface area contributed by atoms with E-state index in [1.54, 1.807) is 26.5 Å². The minimum atomic E-state index is -0.601. The lowest BCUT2D eigenvalue weighted by atomic mass is 10.1. The van der Waals surface area contributed by atoms with Gasteiger partial charge < -0.3 is 15.5 Å². The number of urea groups is 1. The molecule has 0 fully saturated rings. The Morgan fingerprint density at radius 2 is 2.00 bits per heavy atom. The second-order valence-electron chi connectivity index (χ2n) is 5.83. The van der Waals surface area contributed by atoms with Crippen LogP contribution in [0.2, 0.25) is 0 Å². The topological polar surface area (TPSA) is 74.3 Å². The van der Waals surface area contributed by atoms with E-state index < -0.39 is 11.8 Å². The van der Waals surface area contributed by atoms with Gasteiger partial charge in [0.2, 0.25) is 0 Å². The number of halogens is 1. The Balaban J connectivity index is 1.95. The highest BCUT2D eigenvalue weighted by Crippen LogP contribution is 2.17. The van der Waals surface area contributed by atoms with Crippen LogP contribution in [-0.2, 0) is 6.42 Å². The molecule has 1 aromatic carbocycles. The number of hydrogen-bond donors (Lipinski definition) is 2. The van der Waals surface area contributed by atoms with Gasteiger partial charge in [-0.3, -0.25) is 9.78 Å². The number of aromatic nitrogens is 1. The zero-order valence-electron chi connectivity index (χ0n) is 14.5. The van der Waals surface area contributed by atoms with Crippen LogP contribution in [0.1, 0.15) is 21.5 Å². The number of carbonyl (C=O) groups is 2. The lowest BCUT2D eigenvalue weighted by molar-refractivity contribution is 0.0827. The van der Waals surface area contributed by atoms with Crippen LogP contribution in [0.15, 0.2) is 36.7 Å². The highest BCUT2D eigenvalue weighted by molar-refractivity contribution is 5.96. The molecule has 1 heterocycles. The quantitative estimate of drug-likeness (QED) is 0.875. The molecule has 0 aliphatic rings. The molecule has 1 aromatic heterocycles. The number of amides is 3. The molecule has 0 radical (unpaired) electrons. The van der Waals surface area contributed by atoms with Gasteiger partial charge in [-0.05, 0) is 48.7 Å². The molecule has 2 aromatic rings. The summed E-state index contributed by atoms with van der Waals surface area (Å²) in [6, 6.07) is 5.23. The van der Waals surface area contributed by atoms with Gasteiger partial charge >= 0.3 is 6.03 Å². The molecule has 0 unspecified atom stereocenters. The first-order chi connectivity index (χ1) is 11.9. The van der Waals surface area contributed by atoms with Crippen LogP contribution in [0.3, 0.4) is 0 Å². The van der Waals surface area contributed by atoms with Gasteiger partial charge in [-0.2, -0.15) is 0 Å². The molecular formula is C18H21FN4O2. The fourth-order valence-corrected chi connectivity index (χ4v) is 2.27. The summed E-state index contributed by atoms with van der Waals surface area (Å²) in [5, 5.41) is 5.11. The first-order valence-corrected chi connectivity index (χ1v) is 7.84. The van der Waals surface area contributed by atoms with E-state index >= 15 is 0 Å². The number of anilines is 1. The first-order valence-electron chi connectivity index (χ1n) is 7.84. The molecule has 0 saturated carbocycles. The third-order valence-corrected chi connectivity index (χ3v) is 3.68. The maximum absolute atomic E-state index is 13.9. The summed E-state index contributed by atoms with van der Waals surface area (Å²) in [4.78, 5) is 29.3. The summed E-state index contributed by atoms with van der Waals surface area (Å²) < 4.78 is 13.9. The van der Waals surface area contributed by atoms with Crippen molar-refractivity contribution in [3.8, 4) is 0 Å². The number of nitrogens with zero attached hydrogens (tertiary/aromatic N) is 2. The maximum atomic E-state index is 13.9. The predicted molar refractivity (Wildman–Crippen MR) is 94.1 cm³/mol. The second kappa shape index (κ2) is 8.23. The summed E-state index contributed by atoms with van der Waals surface area (Å²) in [5.74, 6) is -0.868. The highest BCUT2D eigenvalue weighted by Gasteiger charge is 2.13. The molecule has 0 bridgehead atoms. The molecule has 0 aliphatic heterocycles. The summed E-state index contributed by atoms with van der Waals surface area (Å²) in [5.41, 5.74) is 2.39. The van der Waals surface area contributed by atoms with E-state index in [9.17, 15) is 14.0 Å². The van der Waals surface area contributed by atoms with Gasteiger partial charge in [0.1, 0.15) is 5.82 Å². The fourth-order valence-electron chi connectivity index (χ4n) is 2.27. The van der Waals surface area contributed by atoms with E-state index in [2.05, 4.69) is 15.6 Å². The number of benzene rings is 1. The minimum absolute atomic E-state index is 0.0368. The Bertz CT molecular complexity index is 777. The normalized spacial score (nSPS) is 10.2. The largest absolute Gasteiger partial charge is 0.345 e. The van der Waals surface area contributed by atoms with E-state index in [1.165, 1.54) is 17.0 Å². The Labute approximate surface area is 146 Å². The molecule has 25 heavy (non-hydrogen) atoms. The van der Waals surface area contributed by atoms with Gasteiger partial charge in [0.15, 0.2) is 0 Å². The van der Waals surface area contributed by atoms with Crippen molar-refractivity contribution in [3.05, 3.63) is 59.2 Å². The zero-order valence-corrected chi connectivity index (χ0v) is 14.5. The molecule has 2 rings (SSSR count). The number of pyridine rings is 1. The van der Waals surface area contributed by atoms with Crippen LogP contribution in [0.5, 0.6) is 0 Å². The number of hydrogen-bond acceptors (Lipinski definition) is 3. The molecule has 3 amide bonds. The molecule has 132 valence electrons. The zero-order chi connectivity index (χ0) is 18.4. The van der Waals surface area contributed by atoms with Crippen LogP contribution in [0.4, 0.5) is 14.9 Å². The third kappa shape index (κ3) is 5.00. The summed E-state index contributed by atoms with van der Waals surface area (Å²) in [6.07, 6.45) is 4.10. The van der Waals surface area contributed by atoms with Crippen molar-refractivity contribution < 1.29 is 14.0 Å². The third-order valence-electron chi connectivity index (χ3n) is 3.68. The van der Waals surface area contributed by atoms with Gasteiger partial charge in [0, 0.05) is 38.6 Å². The van der Waals surface area contributed by atoms with Crippen molar-refractivity contribution in [1.82, 2.24) is 15.2 Å². The number of carbonyl (C=O) groups excluding carboxylic acids is 2. The lowest BCUT2D eigenvalue weighted by Gasteiger charge is -2.13. The Morgan fingerprint density at radius 1 is 1.24 bits per heavy atom. The Kier molecular flexibility index (Phi) is 6.05. The predicted octanol–water partition coefficient (Wildman–Crippen LogP) is 2.60. The van der Waals surface area contributed by atoms with Crippen LogP contribution in [0, 0.1) is 12.7 Å². The van der Waals surface area contributed by atoms with E-state index in [0.29, 0.717) is 18.5 Å². The first kappa shape index (κ1) is 18.4. The van der Waals surface area contributed by atoms with Gasteiger partial charge in [0.05, 0.1) is 5.69 Å². The molecule has 2 N–H and O–H groups in total. The van der Waals surface area contributed by atoms with Crippen LogP contribution >= 0.6 is 0 Å². The van der Waals surface area contributed by atoms with E-state index in [0.717, 1.165) is 17.2 Å². The van der Waals surface area contributed by atoms with Crippen molar-refractivity contribution in [2.45, 2.75) is 13.3 Å². The van der Waals surface area contributed by atoms with Crippen molar-refractivity contribution in [2.24, 2.45) is 0 Å². The summed E-state index contributed by atoms with van der Waals surface area (Å²) in [6.45, 7) is 2.35. The maximum Gasteiger partial charge on any atom is 0.319 e. The molecule has 7 heteroatoms. The van der Waals surface area contributed by atoms with E-state index in [1.807, 2.05) is 13.0 Å². The van der Waals surface area contributed by atoms with Crippen LogP contribution in [0.25, 0.3) is 0 Å². The molecule has 0 spiro atoms. The standard InChI is InChI=1S/C18H21FN4O2/c1-12-11-20-8-6-13(12)7-9-21-18(25)22-16-10-14(4-5-15(16)19)17(24)23(2)3/h4-6,8,10-11H,7,9H2,1-3H3,(H2,21,22,25). The Morgan fingerprint density at radius 3 is 2.68 bits per heavy atom. The molecule has 0 saturated heterocycles. The smallest absolute Gasteiger partial charge is 0.319 e. The van der Waals surface area contributed by atoms with Crippen LogP contribution in [-0.4, -0.2) is 42.5 Å². The number of rotatable bonds is 5. The lowest BCUT2D eigenvalue weighted by Crippen LogP contribution is -2.31. The van der Waals surface area contributed by atoms with Crippen molar-refractivity contribution in [3.63, 3.8) is 0 Å². The van der Waals surface area contributed by atoms with Crippen molar-refractivity contribution >= 4 is 17.6 Å². The van der Waals surface area contributed by atoms with E-state index in [-0.39, 0.29) is 11.6 Å². The Hall–Kier alpha value is -2.96. The molecule has 0 aliphatic carbocycles. The average Bonchev–Trinajstić information content (AvgIpc) is 2.58. The summed E-state index contributed by atoms with van der Waals surface area (Å²) in [7, 11) is 3.21. The monoisotopic (exact) mass is 344 g/mol. The second-order valence-corrected chi connectivity index (χ2v) is 5.83. The van der Waals surface area contributed by atoms with Gasteiger partial charge in [-0.15, -0.1) is 0 Å². The highest BCUT2D eigenvalue weighted by atomic mass is 19.1. The number of aryl methyl sites for hydroxylation is 1. The molecule has 0 atom stereocenters. The fraction of sp³-hybridized carbons (Fsp3) is 0.278.